The molecule has 1 N–H and O–H groups in total. The summed E-state index contributed by atoms with van der Waals surface area (Å²) in [6.45, 7) is 0. The summed E-state index contributed by atoms with van der Waals surface area (Å²) in [5.74, 6) is -1.35. The number of benzene rings is 2. The van der Waals surface area contributed by atoms with Gasteiger partial charge in [0.2, 0.25) is 0 Å². The smallest absolute Gasteiger partial charge is 0.188 e. The second-order valence-corrected chi connectivity index (χ2v) is 8.17. The van der Waals surface area contributed by atoms with Crippen LogP contribution in [0.5, 0.6) is 0 Å². The van der Waals surface area contributed by atoms with Crippen molar-refractivity contribution in [3.05, 3.63) is 92.6 Å². The fraction of sp³-hybridized carbons (Fsp3) is 0.0909. The van der Waals surface area contributed by atoms with Gasteiger partial charge in [0.05, 0.1) is 16.0 Å². The van der Waals surface area contributed by atoms with Gasteiger partial charge in [0, 0.05) is 40.1 Å². The molecule has 28 heavy (non-hydrogen) atoms. The predicted molar refractivity (Wildman–Crippen MR) is 112 cm³/mol. The molecule has 5 rings (SSSR count). The summed E-state index contributed by atoms with van der Waals surface area (Å²) in [4.78, 5) is 25.6. The number of hydrogen-bond donors (Lipinski definition) is 1. The number of carbonyl (C=O) groups is 2. The monoisotopic (exact) mass is 427 g/mol. The van der Waals surface area contributed by atoms with E-state index in [1.807, 2.05) is 36.4 Å². The first-order chi connectivity index (χ1) is 13.5. The third-order valence-electron chi connectivity index (χ3n) is 5.30. The zero-order chi connectivity index (χ0) is 19.6. The first-order valence-electron chi connectivity index (χ1n) is 8.68. The minimum absolute atomic E-state index is 0.145. The predicted octanol–water partition coefficient (Wildman–Crippen LogP) is 6.00. The van der Waals surface area contributed by atoms with Gasteiger partial charge >= 0.3 is 0 Å². The van der Waals surface area contributed by atoms with Gasteiger partial charge in [0.1, 0.15) is 0 Å². The SMILES string of the molecule is O=C1C=C(Cl)[C@H]2C=C(Nc3ccccc3)[C@@H]3C(=O)C=C(Cl)c4cc(Cl)c1c2c43. The molecule has 0 amide bonds. The van der Waals surface area contributed by atoms with E-state index in [1.165, 1.54) is 12.2 Å². The van der Waals surface area contributed by atoms with Gasteiger partial charge in [-0.2, -0.15) is 0 Å². The molecule has 2 aromatic rings. The Bertz CT molecular complexity index is 1160. The van der Waals surface area contributed by atoms with Gasteiger partial charge in [-0.3, -0.25) is 9.59 Å². The molecule has 6 heteroatoms. The zero-order valence-corrected chi connectivity index (χ0v) is 16.6. The van der Waals surface area contributed by atoms with E-state index >= 15 is 0 Å². The largest absolute Gasteiger partial charge is 0.358 e. The van der Waals surface area contributed by atoms with E-state index in [9.17, 15) is 9.59 Å². The van der Waals surface area contributed by atoms with Gasteiger partial charge in [0.25, 0.3) is 0 Å². The molecule has 3 aliphatic rings. The van der Waals surface area contributed by atoms with Crippen LogP contribution >= 0.6 is 34.8 Å². The highest BCUT2D eigenvalue weighted by Gasteiger charge is 2.43. The van der Waals surface area contributed by atoms with Crippen molar-refractivity contribution in [2.45, 2.75) is 11.8 Å². The molecule has 0 aromatic heterocycles. The summed E-state index contributed by atoms with van der Waals surface area (Å²) >= 11 is 19.3. The number of halogens is 3. The Morgan fingerprint density at radius 2 is 1.68 bits per heavy atom. The average molecular weight is 429 g/mol. The third kappa shape index (κ3) is 2.51. The quantitative estimate of drug-likeness (QED) is 0.638. The molecule has 3 nitrogen and oxygen atoms in total. The van der Waals surface area contributed by atoms with E-state index in [4.69, 9.17) is 34.8 Å². The van der Waals surface area contributed by atoms with E-state index < -0.39 is 5.92 Å². The molecule has 138 valence electrons. The van der Waals surface area contributed by atoms with Gasteiger partial charge in [-0.05, 0) is 34.9 Å². The highest BCUT2D eigenvalue weighted by molar-refractivity contribution is 6.51. The Labute approximate surface area is 176 Å². The summed E-state index contributed by atoms with van der Waals surface area (Å²) in [6, 6.07) is 11.2. The number of hydrogen-bond acceptors (Lipinski definition) is 3. The van der Waals surface area contributed by atoms with Gasteiger partial charge in [0.15, 0.2) is 11.6 Å². The molecule has 3 aliphatic carbocycles. The highest BCUT2D eigenvalue weighted by Crippen LogP contribution is 2.53. The number of para-hydroxylation sites is 1. The Kier molecular flexibility index (Phi) is 4.02. The van der Waals surface area contributed by atoms with Crippen LogP contribution < -0.4 is 5.32 Å². The van der Waals surface area contributed by atoms with Gasteiger partial charge in [-0.1, -0.05) is 59.1 Å². The van der Waals surface area contributed by atoms with E-state index in [-0.39, 0.29) is 17.5 Å². The normalized spacial score (nSPS) is 22.2. The Morgan fingerprint density at radius 3 is 2.43 bits per heavy atom. The highest BCUT2D eigenvalue weighted by atomic mass is 35.5. The van der Waals surface area contributed by atoms with Crippen LogP contribution in [0, 0.1) is 0 Å². The molecule has 0 bridgehead atoms. The number of nitrogens with one attached hydrogen (secondary N) is 1. The van der Waals surface area contributed by atoms with Crippen molar-refractivity contribution in [3.8, 4) is 0 Å². The number of ketones is 2. The first-order valence-corrected chi connectivity index (χ1v) is 9.82. The van der Waals surface area contributed by atoms with Crippen LogP contribution in [0.15, 0.2) is 65.4 Å². The van der Waals surface area contributed by atoms with Crippen molar-refractivity contribution >= 4 is 57.1 Å². The van der Waals surface area contributed by atoms with E-state index in [1.54, 1.807) is 6.07 Å². The number of anilines is 1. The van der Waals surface area contributed by atoms with E-state index in [2.05, 4.69) is 5.32 Å². The zero-order valence-electron chi connectivity index (χ0n) is 14.3. The molecule has 0 saturated carbocycles. The molecule has 0 heterocycles. The van der Waals surface area contributed by atoms with Crippen molar-refractivity contribution in [1.29, 1.82) is 0 Å². The first kappa shape index (κ1) is 17.7. The van der Waals surface area contributed by atoms with Gasteiger partial charge < -0.3 is 5.32 Å². The fourth-order valence-corrected chi connectivity index (χ4v) is 5.01. The van der Waals surface area contributed by atoms with Gasteiger partial charge in [-0.15, -0.1) is 0 Å². The van der Waals surface area contributed by atoms with Crippen LogP contribution in [0.1, 0.15) is 38.9 Å². The molecule has 0 saturated heterocycles. The van der Waals surface area contributed by atoms with E-state index in [0.717, 1.165) is 5.69 Å². The minimum Gasteiger partial charge on any atom is -0.358 e. The van der Waals surface area contributed by atoms with Crippen molar-refractivity contribution < 1.29 is 9.59 Å². The molecule has 2 atom stereocenters. The second-order valence-electron chi connectivity index (χ2n) is 6.92. The van der Waals surface area contributed by atoms with E-state index in [0.29, 0.717) is 43.0 Å². The maximum Gasteiger partial charge on any atom is 0.188 e. The number of rotatable bonds is 2. The third-order valence-corrected chi connectivity index (χ3v) is 6.26. The lowest BCUT2D eigenvalue weighted by atomic mass is 9.69. The lowest BCUT2D eigenvalue weighted by Crippen LogP contribution is -2.30. The maximum absolute atomic E-state index is 13.0. The number of carbonyl (C=O) groups excluding carboxylic acids is 2. The molecular weight excluding hydrogens is 417 g/mol. The Morgan fingerprint density at radius 1 is 0.929 bits per heavy atom. The molecule has 0 fully saturated rings. The summed E-state index contributed by atoms with van der Waals surface area (Å²) in [5.41, 5.74) is 4.03. The average Bonchev–Trinajstić information content (AvgIpc) is 2.65. The topological polar surface area (TPSA) is 46.2 Å². The maximum atomic E-state index is 13.0. The van der Waals surface area contributed by atoms with Crippen LogP contribution in [-0.4, -0.2) is 11.6 Å². The Balaban J connectivity index is 1.79. The molecule has 0 spiro atoms. The summed E-state index contributed by atoms with van der Waals surface area (Å²) in [5, 5.41) is 4.38. The number of allylic oxidation sites excluding steroid dienone is 5. The van der Waals surface area contributed by atoms with Crippen LogP contribution in [0.4, 0.5) is 5.69 Å². The molecular formula is C22H12Cl3NO2. The van der Waals surface area contributed by atoms with Crippen LogP contribution in [0.2, 0.25) is 5.02 Å². The summed E-state index contributed by atoms with van der Waals surface area (Å²) in [6.07, 6.45) is 4.71. The van der Waals surface area contributed by atoms with Crippen molar-refractivity contribution in [1.82, 2.24) is 0 Å². The lowest BCUT2D eigenvalue weighted by molar-refractivity contribution is -0.115. The molecule has 0 aliphatic heterocycles. The van der Waals surface area contributed by atoms with Crippen LogP contribution in [-0.2, 0) is 4.79 Å². The van der Waals surface area contributed by atoms with Crippen molar-refractivity contribution in [3.63, 3.8) is 0 Å². The molecule has 2 aromatic carbocycles. The van der Waals surface area contributed by atoms with Crippen molar-refractivity contribution in [2.24, 2.45) is 0 Å². The van der Waals surface area contributed by atoms with Gasteiger partial charge in [-0.25, -0.2) is 0 Å². The lowest BCUT2D eigenvalue weighted by Gasteiger charge is -2.37. The van der Waals surface area contributed by atoms with Crippen LogP contribution in [0.25, 0.3) is 5.03 Å². The van der Waals surface area contributed by atoms with Crippen molar-refractivity contribution in [2.75, 3.05) is 5.32 Å². The second kappa shape index (κ2) is 6.35. The van der Waals surface area contributed by atoms with Crippen LogP contribution in [0.3, 0.4) is 0 Å². The minimum atomic E-state index is -0.588. The standard InChI is InChI=1S/C22H12Cl3NO2/c23-13-9-18(28)22-16(26-10-4-2-1-3-5-10)7-12-14(24)8-17(27)21-15(25)6-11(13)20(22)19(12)21/h1-9,12,22,26H/t12-,22-/m1/s1. The Hall–Kier alpha value is -2.33. The molecule has 0 unspecified atom stereocenters. The summed E-state index contributed by atoms with van der Waals surface area (Å²) < 4.78 is 0. The summed E-state index contributed by atoms with van der Waals surface area (Å²) in [7, 11) is 0. The fourth-order valence-electron chi connectivity index (χ4n) is 4.17. The molecule has 0 radical (unpaired) electrons.